The van der Waals surface area contributed by atoms with Crippen molar-refractivity contribution in [1.82, 2.24) is 19.9 Å². The minimum absolute atomic E-state index is 0.207. The van der Waals surface area contributed by atoms with Crippen molar-refractivity contribution in [2.24, 2.45) is 0 Å². The average Bonchev–Trinajstić information content (AvgIpc) is 2.63. The topological polar surface area (TPSA) is 54.4 Å². The highest BCUT2D eigenvalue weighted by Gasteiger charge is 2.41. The van der Waals surface area contributed by atoms with Gasteiger partial charge in [-0.25, -0.2) is 14.4 Å². The van der Waals surface area contributed by atoms with E-state index in [1.54, 1.807) is 0 Å². The molecule has 0 aromatic carbocycles. The van der Waals surface area contributed by atoms with Gasteiger partial charge < -0.3 is 9.64 Å². The third-order valence-corrected chi connectivity index (χ3v) is 4.91. The van der Waals surface area contributed by atoms with Gasteiger partial charge in [-0.05, 0) is 30.5 Å². The number of piperidine rings is 1. The van der Waals surface area contributed by atoms with Crippen LogP contribution in [0.2, 0.25) is 0 Å². The number of rotatable bonds is 3. The molecule has 1 spiro atoms. The van der Waals surface area contributed by atoms with Gasteiger partial charge in [0, 0.05) is 38.6 Å². The first kappa shape index (κ1) is 16.4. The molecule has 4 heterocycles. The Hall–Kier alpha value is -2.12. The molecule has 0 amide bonds. The minimum Gasteiger partial charge on any atom is -0.370 e. The van der Waals surface area contributed by atoms with E-state index in [-0.39, 0.29) is 5.60 Å². The lowest BCUT2D eigenvalue weighted by Crippen LogP contribution is -2.59. The number of nitrogens with zero attached hydrogens (tertiary/aromatic N) is 5. The summed E-state index contributed by atoms with van der Waals surface area (Å²) in [7, 11) is 0. The Labute approximate surface area is 146 Å². The van der Waals surface area contributed by atoms with Crippen molar-refractivity contribution < 1.29 is 9.13 Å². The van der Waals surface area contributed by atoms with Crippen LogP contribution in [0.3, 0.4) is 0 Å². The molecule has 4 rings (SSSR count). The normalized spacial score (nSPS) is 24.6. The third-order valence-electron chi connectivity index (χ3n) is 4.91. The Morgan fingerprint density at radius 3 is 2.72 bits per heavy atom. The quantitative estimate of drug-likeness (QED) is 0.848. The number of hydrogen-bond donors (Lipinski definition) is 0. The lowest BCUT2D eigenvalue weighted by molar-refractivity contribution is -0.116. The molecule has 0 unspecified atom stereocenters. The summed E-state index contributed by atoms with van der Waals surface area (Å²) in [6, 6.07) is 4.11. The summed E-state index contributed by atoms with van der Waals surface area (Å²) >= 11 is 0. The summed E-state index contributed by atoms with van der Waals surface area (Å²) in [5.41, 5.74) is 1.06. The summed E-state index contributed by atoms with van der Waals surface area (Å²) in [4.78, 5) is 16.9. The van der Waals surface area contributed by atoms with Crippen LogP contribution >= 0.6 is 0 Å². The highest BCUT2D eigenvalue weighted by molar-refractivity contribution is 5.31. The fourth-order valence-electron chi connectivity index (χ4n) is 3.79. The molecule has 0 radical (unpaired) electrons. The molecule has 7 heteroatoms. The molecule has 2 aromatic heterocycles. The van der Waals surface area contributed by atoms with Crippen molar-refractivity contribution in [2.75, 3.05) is 37.7 Å². The van der Waals surface area contributed by atoms with Crippen LogP contribution in [0.15, 0.2) is 36.9 Å². The standard InChI is InChI=1S/C18H22FN5O/c19-16-10-21-17(22-11-16)24-7-1-4-18(14-24)13-23(8-9-25-18)12-15-2-5-20-6-3-15/h2-3,5-6,10-11H,1,4,7-9,12-14H2/t18-/m0/s1. The van der Waals surface area contributed by atoms with Gasteiger partial charge in [-0.1, -0.05) is 0 Å². The van der Waals surface area contributed by atoms with Crippen LogP contribution in [0, 0.1) is 5.82 Å². The molecule has 132 valence electrons. The number of morpholine rings is 1. The predicted molar refractivity (Wildman–Crippen MR) is 91.6 cm³/mol. The molecule has 2 aromatic rings. The maximum atomic E-state index is 13.1. The van der Waals surface area contributed by atoms with E-state index in [4.69, 9.17) is 4.74 Å². The van der Waals surface area contributed by atoms with E-state index in [0.717, 1.165) is 52.2 Å². The van der Waals surface area contributed by atoms with Gasteiger partial charge in [-0.2, -0.15) is 0 Å². The molecule has 0 saturated carbocycles. The van der Waals surface area contributed by atoms with Crippen molar-refractivity contribution in [3.05, 3.63) is 48.3 Å². The molecule has 0 aliphatic carbocycles. The van der Waals surface area contributed by atoms with E-state index < -0.39 is 5.82 Å². The zero-order valence-electron chi connectivity index (χ0n) is 14.1. The van der Waals surface area contributed by atoms with Gasteiger partial charge in [-0.15, -0.1) is 0 Å². The number of aromatic nitrogens is 3. The van der Waals surface area contributed by atoms with Crippen LogP contribution < -0.4 is 4.90 Å². The lowest BCUT2D eigenvalue weighted by Gasteiger charge is -2.48. The highest BCUT2D eigenvalue weighted by atomic mass is 19.1. The number of anilines is 1. The molecule has 6 nitrogen and oxygen atoms in total. The van der Waals surface area contributed by atoms with Crippen LogP contribution in [0.5, 0.6) is 0 Å². The predicted octanol–water partition coefficient (Wildman–Crippen LogP) is 1.88. The van der Waals surface area contributed by atoms with Crippen molar-refractivity contribution in [3.8, 4) is 0 Å². The molecule has 2 aliphatic heterocycles. The van der Waals surface area contributed by atoms with Crippen molar-refractivity contribution in [1.29, 1.82) is 0 Å². The Balaban J connectivity index is 1.45. The van der Waals surface area contributed by atoms with Gasteiger partial charge in [0.2, 0.25) is 5.95 Å². The molecule has 0 N–H and O–H groups in total. The van der Waals surface area contributed by atoms with Gasteiger partial charge in [0.1, 0.15) is 0 Å². The highest BCUT2D eigenvalue weighted by Crippen LogP contribution is 2.31. The molecule has 1 atom stereocenters. The largest absolute Gasteiger partial charge is 0.370 e. The minimum atomic E-state index is -0.409. The van der Waals surface area contributed by atoms with E-state index in [1.807, 2.05) is 12.4 Å². The van der Waals surface area contributed by atoms with Crippen molar-refractivity contribution >= 4 is 5.95 Å². The van der Waals surface area contributed by atoms with Crippen LogP contribution in [0.25, 0.3) is 0 Å². The summed E-state index contributed by atoms with van der Waals surface area (Å²) < 4.78 is 19.3. The molecular formula is C18H22FN5O. The monoisotopic (exact) mass is 343 g/mol. The van der Waals surface area contributed by atoms with Crippen LogP contribution in [0.1, 0.15) is 18.4 Å². The van der Waals surface area contributed by atoms with Gasteiger partial charge in [0.15, 0.2) is 5.82 Å². The number of pyridine rings is 1. The Bertz CT molecular complexity index is 694. The van der Waals surface area contributed by atoms with Crippen LogP contribution in [0.4, 0.5) is 10.3 Å². The SMILES string of the molecule is Fc1cnc(N2CCC[C@]3(CN(Cc4ccncc4)CCO3)C2)nc1. The van der Waals surface area contributed by atoms with E-state index in [9.17, 15) is 4.39 Å². The second kappa shape index (κ2) is 7.01. The number of ether oxygens (including phenoxy) is 1. The molecular weight excluding hydrogens is 321 g/mol. The average molecular weight is 343 g/mol. The molecule has 2 saturated heterocycles. The summed E-state index contributed by atoms with van der Waals surface area (Å²) in [6.07, 6.45) is 8.16. The van der Waals surface area contributed by atoms with Gasteiger partial charge >= 0.3 is 0 Å². The van der Waals surface area contributed by atoms with Gasteiger partial charge in [0.05, 0.1) is 31.1 Å². The first-order valence-corrected chi connectivity index (χ1v) is 8.70. The second-order valence-electron chi connectivity index (χ2n) is 6.82. The van der Waals surface area contributed by atoms with E-state index >= 15 is 0 Å². The van der Waals surface area contributed by atoms with Gasteiger partial charge in [0.25, 0.3) is 0 Å². The Morgan fingerprint density at radius 1 is 1.12 bits per heavy atom. The first-order valence-electron chi connectivity index (χ1n) is 8.70. The maximum absolute atomic E-state index is 13.1. The van der Waals surface area contributed by atoms with Crippen molar-refractivity contribution in [3.63, 3.8) is 0 Å². The number of halogens is 1. The Kier molecular flexibility index (Phi) is 4.59. The molecule has 2 aliphatic rings. The van der Waals surface area contributed by atoms with E-state index in [0.29, 0.717) is 5.95 Å². The third kappa shape index (κ3) is 3.77. The molecule has 25 heavy (non-hydrogen) atoms. The Morgan fingerprint density at radius 2 is 1.92 bits per heavy atom. The van der Waals surface area contributed by atoms with E-state index in [2.05, 4.69) is 36.9 Å². The summed E-state index contributed by atoms with van der Waals surface area (Å²) in [5, 5.41) is 0. The zero-order valence-corrected chi connectivity index (χ0v) is 14.1. The summed E-state index contributed by atoms with van der Waals surface area (Å²) in [5.74, 6) is 0.170. The molecule has 2 fully saturated rings. The van der Waals surface area contributed by atoms with Gasteiger partial charge in [-0.3, -0.25) is 9.88 Å². The van der Waals surface area contributed by atoms with E-state index in [1.165, 1.54) is 18.0 Å². The molecule has 0 bridgehead atoms. The van der Waals surface area contributed by atoms with Crippen LogP contribution in [-0.2, 0) is 11.3 Å². The smallest absolute Gasteiger partial charge is 0.225 e. The van der Waals surface area contributed by atoms with Crippen LogP contribution in [-0.4, -0.2) is 58.2 Å². The first-order chi connectivity index (χ1) is 12.2. The fraction of sp³-hybridized carbons (Fsp3) is 0.500. The van der Waals surface area contributed by atoms with Crippen molar-refractivity contribution in [2.45, 2.75) is 25.0 Å². The number of hydrogen-bond acceptors (Lipinski definition) is 6. The fourth-order valence-corrected chi connectivity index (χ4v) is 3.79. The second-order valence-corrected chi connectivity index (χ2v) is 6.82. The lowest BCUT2D eigenvalue weighted by atomic mass is 9.90. The maximum Gasteiger partial charge on any atom is 0.225 e. The summed E-state index contributed by atoms with van der Waals surface area (Å²) in [6.45, 7) is 5.06. The zero-order chi connectivity index (χ0) is 17.1.